The van der Waals surface area contributed by atoms with Crippen molar-refractivity contribution in [2.45, 2.75) is 6.61 Å². The molecule has 1 N–H and O–H groups in total. The fraction of sp³-hybridized carbons (Fsp3) is 0.0769. The Kier molecular flexibility index (Phi) is 6.42. The summed E-state index contributed by atoms with van der Waals surface area (Å²) in [6.45, 7) is -0.0935. The number of benzene rings is 2. The Morgan fingerprint density at radius 3 is 2.32 bits per heavy atom. The predicted molar refractivity (Wildman–Crippen MR) is 72.3 cm³/mol. The summed E-state index contributed by atoms with van der Waals surface area (Å²) < 4.78 is 32.0. The van der Waals surface area contributed by atoms with E-state index in [4.69, 9.17) is 9.84 Å². The summed E-state index contributed by atoms with van der Waals surface area (Å²) in [6.07, 6.45) is 0. The quantitative estimate of drug-likeness (QED) is 0.866. The Balaban J connectivity index is 0.00000180. The summed E-state index contributed by atoms with van der Waals surface area (Å²) >= 11 is 3.25. The number of ether oxygens (including phenoxy) is 1. The first kappa shape index (κ1) is 16.6. The van der Waals surface area contributed by atoms with Crippen LogP contribution in [0.15, 0.2) is 40.9 Å². The Morgan fingerprint density at radius 2 is 1.74 bits per heavy atom. The fourth-order valence-corrected chi connectivity index (χ4v) is 1.91. The molecule has 2 rings (SSSR count). The van der Waals surface area contributed by atoms with Gasteiger partial charge < -0.3 is 9.84 Å². The third-order valence-corrected chi connectivity index (χ3v) is 2.91. The topological polar surface area (TPSA) is 29.5 Å². The smallest absolute Gasteiger partial charge is 0.168 e. The molecule has 0 aliphatic heterocycles. The molecule has 19 heavy (non-hydrogen) atoms. The normalized spacial score (nSPS) is 9.89. The second-order valence-corrected chi connectivity index (χ2v) is 4.45. The van der Waals surface area contributed by atoms with Crippen molar-refractivity contribution in [3.8, 4) is 11.5 Å². The summed E-state index contributed by atoms with van der Waals surface area (Å²) in [5.41, 5.74) is 0.703. The van der Waals surface area contributed by atoms with Crippen LogP contribution < -0.4 is 4.74 Å². The largest absolute Gasteiger partial charge is 0.453 e. The van der Waals surface area contributed by atoms with Gasteiger partial charge in [0.05, 0.1) is 11.1 Å². The van der Waals surface area contributed by atoms with E-state index in [1.54, 1.807) is 18.2 Å². The van der Waals surface area contributed by atoms with E-state index in [1.807, 2.05) is 0 Å². The molecule has 2 aromatic rings. The van der Waals surface area contributed by atoms with E-state index < -0.39 is 11.6 Å². The first-order chi connectivity index (χ1) is 8.60. The van der Waals surface area contributed by atoms with Crippen LogP contribution in [0.1, 0.15) is 5.56 Å². The number of halogens is 3. The van der Waals surface area contributed by atoms with Gasteiger partial charge in [0.25, 0.3) is 0 Å². The Morgan fingerprint density at radius 1 is 1.05 bits per heavy atom. The average Bonchev–Trinajstić information content (AvgIpc) is 2.34. The number of aliphatic hydroxyl groups excluding tert-OH is 1. The van der Waals surface area contributed by atoms with Crippen molar-refractivity contribution in [2.24, 2.45) is 0 Å². The van der Waals surface area contributed by atoms with E-state index in [0.29, 0.717) is 15.8 Å². The van der Waals surface area contributed by atoms with Gasteiger partial charge in [-0.3, -0.25) is 0 Å². The SMILES string of the molecule is OCc1ccc(Oc2ccc(F)cc2F)c(Br)c1.[Na]. The van der Waals surface area contributed by atoms with Crippen LogP contribution in [0.25, 0.3) is 0 Å². The second-order valence-electron chi connectivity index (χ2n) is 3.60. The molecule has 0 bridgehead atoms. The van der Waals surface area contributed by atoms with Crippen LogP contribution in [0, 0.1) is 11.6 Å². The molecule has 0 unspecified atom stereocenters. The Hall–Kier alpha value is -0.460. The predicted octanol–water partition coefficient (Wildman–Crippen LogP) is 3.63. The summed E-state index contributed by atoms with van der Waals surface area (Å²) in [5.74, 6) is -1.10. The van der Waals surface area contributed by atoms with Gasteiger partial charge in [-0.05, 0) is 45.8 Å². The van der Waals surface area contributed by atoms with Crippen molar-refractivity contribution in [1.29, 1.82) is 0 Å². The minimum Gasteiger partial charge on any atom is -0.453 e. The van der Waals surface area contributed by atoms with E-state index in [0.717, 1.165) is 12.1 Å². The summed E-state index contributed by atoms with van der Waals surface area (Å²) in [6, 6.07) is 8.01. The second kappa shape index (κ2) is 7.36. The number of rotatable bonds is 3. The van der Waals surface area contributed by atoms with E-state index in [9.17, 15) is 8.78 Å². The molecular weight excluding hydrogens is 329 g/mol. The maximum atomic E-state index is 13.4. The molecular formula is C13H9BrF2NaO2. The van der Waals surface area contributed by atoms with Crippen LogP contribution in [0.2, 0.25) is 0 Å². The Labute approximate surface area is 139 Å². The zero-order valence-electron chi connectivity index (χ0n) is 10.2. The molecule has 2 aromatic carbocycles. The van der Waals surface area contributed by atoms with Crippen LogP contribution >= 0.6 is 15.9 Å². The monoisotopic (exact) mass is 337 g/mol. The van der Waals surface area contributed by atoms with Crippen LogP contribution in [0.4, 0.5) is 8.78 Å². The maximum absolute atomic E-state index is 13.4. The molecule has 0 saturated heterocycles. The van der Waals surface area contributed by atoms with Gasteiger partial charge in [-0.15, -0.1) is 0 Å². The third kappa shape index (κ3) is 4.26. The van der Waals surface area contributed by atoms with Gasteiger partial charge in [0, 0.05) is 35.6 Å². The van der Waals surface area contributed by atoms with Crippen molar-refractivity contribution in [2.75, 3.05) is 0 Å². The first-order valence-corrected chi connectivity index (χ1v) is 5.91. The van der Waals surface area contributed by atoms with Crippen LogP contribution in [-0.2, 0) is 6.61 Å². The summed E-state index contributed by atoms with van der Waals surface area (Å²) in [4.78, 5) is 0. The third-order valence-electron chi connectivity index (χ3n) is 2.29. The first-order valence-electron chi connectivity index (χ1n) is 5.12. The number of aliphatic hydroxyl groups is 1. The minimum absolute atomic E-state index is 0. The van der Waals surface area contributed by atoms with Gasteiger partial charge in [-0.2, -0.15) is 0 Å². The summed E-state index contributed by atoms with van der Waals surface area (Å²) in [7, 11) is 0. The van der Waals surface area contributed by atoms with Gasteiger partial charge in [0.15, 0.2) is 11.6 Å². The molecule has 0 aromatic heterocycles. The molecule has 1 radical (unpaired) electrons. The van der Waals surface area contributed by atoms with E-state index in [1.165, 1.54) is 6.07 Å². The van der Waals surface area contributed by atoms with Crippen LogP contribution in [0.3, 0.4) is 0 Å². The van der Waals surface area contributed by atoms with Crippen LogP contribution in [-0.4, -0.2) is 34.7 Å². The standard InChI is InChI=1S/C13H9BrF2O2.Na/c14-10-5-8(7-17)1-3-12(10)18-13-4-2-9(15)6-11(13)16;/h1-6,17H,7H2;. The van der Waals surface area contributed by atoms with Crippen molar-refractivity contribution in [3.63, 3.8) is 0 Å². The van der Waals surface area contributed by atoms with Crippen molar-refractivity contribution in [1.82, 2.24) is 0 Å². The molecule has 6 heteroatoms. The Bertz CT molecular complexity index is 579. The van der Waals surface area contributed by atoms with Crippen molar-refractivity contribution >= 4 is 45.5 Å². The zero-order chi connectivity index (χ0) is 13.1. The van der Waals surface area contributed by atoms with E-state index in [-0.39, 0.29) is 41.9 Å². The average molecular weight is 338 g/mol. The fourth-order valence-electron chi connectivity index (χ4n) is 1.40. The van der Waals surface area contributed by atoms with Gasteiger partial charge in [0.1, 0.15) is 11.6 Å². The van der Waals surface area contributed by atoms with Gasteiger partial charge in [-0.25, -0.2) is 8.78 Å². The molecule has 0 amide bonds. The van der Waals surface area contributed by atoms with Gasteiger partial charge >= 0.3 is 0 Å². The molecule has 0 aliphatic carbocycles. The maximum Gasteiger partial charge on any atom is 0.168 e. The zero-order valence-corrected chi connectivity index (χ0v) is 13.7. The number of hydrogen-bond acceptors (Lipinski definition) is 2. The van der Waals surface area contributed by atoms with Crippen LogP contribution in [0.5, 0.6) is 11.5 Å². The minimum atomic E-state index is -0.770. The van der Waals surface area contributed by atoms with Crippen molar-refractivity contribution in [3.05, 3.63) is 58.1 Å². The van der Waals surface area contributed by atoms with Crippen molar-refractivity contribution < 1.29 is 18.6 Å². The number of hydrogen-bond donors (Lipinski definition) is 1. The molecule has 0 heterocycles. The summed E-state index contributed by atoms with van der Waals surface area (Å²) in [5, 5.41) is 8.95. The molecule has 2 nitrogen and oxygen atoms in total. The van der Waals surface area contributed by atoms with Gasteiger partial charge in [0.2, 0.25) is 0 Å². The molecule has 0 atom stereocenters. The molecule has 95 valence electrons. The molecule has 0 fully saturated rings. The van der Waals surface area contributed by atoms with E-state index >= 15 is 0 Å². The molecule has 0 saturated carbocycles. The molecule has 0 spiro atoms. The van der Waals surface area contributed by atoms with E-state index in [2.05, 4.69) is 15.9 Å². The van der Waals surface area contributed by atoms with Gasteiger partial charge in [-0.1, -0.05) is 6.07 Å². The molecule has 0 aliphatic rings.